The van der Waals surface area contributed by atoms with Gasteiger partial charge in [-0.25, -0.2) is 0 Å². The van der Waals surface area contributed by atoms with Crippen molar-refractivity contribution in [3.8, 4) is 44.5 Å². The Morgan fingerprint density at radius 2 is 0.689 bits per heavy atom. The number of furan rings is 1. The average molecular weight is 785 g/mol. The van der Waals surface area contributed by atoms with Crippen LogP contribution in [0.4, 0.5) is 0 Å². The Morgan fingerprint density at radius 3 is 1.33 bits per heavy atom. The predicted molar refractivity (Wildman–Crippen MR) is 263 cm³/mol. The second-order valence-electron chi connectivity index (χ2n) is 17.3. The molecule has 0 bridgehead atoms. The molecule has 1 heteroatoms. The molecule has 0 saturated heterocycles. The molecule has 0 radical (unpaired) electrons. The van der Waals surface area contributed by atoms with Gasteiger partial charge in [0.15, 0.2) is 0 Å². The molecule has 0 atom stereocenters. The topological polar surface area (TPSA) is 13.1 Å². The van der Waals surface area contributed by atoms with E-state index in [1.807, 2.05) is 6.07 Å². The Morgan fingerprint density at radius 1 is 0.262 bits per heavy atom. The molecule has 1 aromatic heterocycles. The fourth-order valence-corrected chi connectivity index (χ4v) is 10.7. The summed E-state index contributed by atoms with van der Waals surface area (Å²) >= 11 is 0. The number of hydrogen-bond acceptors (Lipinski definition) is 1. The first-order chi connectivity index (χ1) is 29.6. The SMILES string of the molecule is Cc1c(C)c(C)c2c(-c3ccc(-c4cccc5ccccc45)c4ccccc34)c3c(C)c(C)c(C)c(C)c3c(-c3ccc(-c4cccc5oc6ccccc6c45)cc3)c2c1C. The van der Waals surface area contributed by atoms with E-state index in [1.54, 1.807) is 0 Å². The number of rotatable bonds is 4. The van der Waals surface area contributed by atoms with E-state index in [9.17, 15) is 0 Å². The molecule has 0 aliphatic carbocycles. The molecular weight excluding hydrogens is 737 g/mol. The summed E-state index contributed by atoms with van der Waals surface area (Å²) in [6.07, 6.45) is 0. The molecule has 11 rings (SSSR count). The highest BCUT2D eigenvalue weighted by atomic mass is 16.3. The normalized spacial score (nSPS) is 11.9. The van der Waals surface area contributed by atoms with Crippen LogP contribution in [-0.4, -0.2) is 0 Å². The van der Waals surface area contributed by atoms with Gasteiger partial charge < -0.3 is 4.42 Å². The van der Waals surface area contributed by atoms with Crippen molar-refractivity contribution in [2.45, 2.75) is 55.4 Å². The van der Waals surface area contributed by atoms with Crippen LogP contribution in [-0.2, 0) is 0 Å². The van der Waals surface area contributed by atoms with E-state index >= 15 is 0 Å². The van der Waals surface area contributed by atoms with Crippen LogP contribution in [0.5, 0.6) is 0 Å². The molecule has 10 aromatic carbocycles. The van der Waals surface area contributed by atoms with Gasteiger partial charge >= 0.3 is 0 Å². The van der Waals surface area contributed by atoms with Crippen LogP contribution in [0.3, 0.4) is 0 Å². The first-order valence-electron chi connectivity index (χ1n) is 21.6. The van der Waals surface area contributed by atoms with Crippen LogP contribution < -0.4 is 0 Å². The summed E-state index contributed by atoms with van der Waals surface area (Å²) in [5.41, 5.74) is 22.8. The first-order valence-corrected chi connectivity index (χ1v) is 21.6. The van der Waals surface area contributed by atoms with Crippen molar-refractivity contribution in [1.82, 2.24) is 0 Å². The summed E-state index contributed by atoms with van der Waals surface area (Å²) in [6.45, 7) is 18.7. The zero-order chi connectivity index (χ0) is 41.8. The zero-order valence-electron chi connectivity index (χ0n) is 36.3. The van der Waals surface area contributed by atoms with Crippen molar-refractivity contribution in [3.63, 3.8) is 0 Å². The highest BCUT2D eigenvalue weighted by molar-refractivity contribution is 6.28. The van der Waals surface area contributed by atoms with Crippen molar-refractivity contribution in [3.05, 3.63) is 190 Å². The number of para-hydroxylation sites is 1. The van der Waals surface area contributed by atoms with Crippen LogP contribution in [0, 0.1) is 55.4 Å². The first kappa shape index (κ1) is 37.1. The summed E-state index contributed by atoms with van der Waals surface area (Å²) in [7, 11) is 0. The van der Waals surface area contributed by atoms with Gasteiger partial charge in [0.1, 0.15) is 11.2 Å². The van der Waals surface area contributed by atoms with Crippen LogP contribution in [0.2, 0.25) is 0 Å². The Hall–Kier alpha value is -6.96. The van der Waals surface area contributed by atoms with Gasteiger partial charge in [-0.15, -0.1) is 0 Å². The Balaban J connectivity index is 1.25. The zero-order valence-corrected chi connectivity index (χ0v) is 36.3. The third-order valence-electron chi connectivity index (χ3n) is 14.5. The molecule has 0 spiro atoms. The summed E-state index contributed by atoms with van der Waals surface area (Å²) in [5, 5.41) is 12.8. The van der Waals surface area contributed by atoms with E-state index in [0.717, 1.165) is 16.6 Å². The van der Waals surface area contributed by atoms with E-state index in [0.29, 0.717) is 0 Å². The fourth-order valence-electron chi connectivity index (χ4n) is 10.7. The molecule has 0 amide bonds. The van der Waals surface area contributed by atoms with Gasteiger partial charge in [-0.1, -0.05) is 133 Å². The molecule has 0 N–H and O–H groups in total. The molecule has 0 unspecified atom stereocenters. The lowest BCUT2D eigenvalue weighted by Gasteiger charge is -2.27. The molecule has 0 saturated carbocycles. The van der Waals surface area contributed by atoms with E-state index in [1.165, 1.54) is 137 Å². The van der Waals surface area contributed by atoms with Crippen molar-refractivity contribution in [1.29, 1.82) is 0 Å². The minimum atomic E-state index is 0.918. The third kappa shape index (κ3) is 5.33. The average Bonchev–Trinajstić information content (AvgIpc) is 3.69. The number of hydrogen-bond donors (Lipinski definition) is 0. The molecule has 0 fully saturated rings. The molecule has 11 aromatic rings. The van der Waals surface area contributed by atoms with Crippen molar-refractivity contribution in [2.75, 3.05) is 0 Å². The summed E-state index contributed by atoms with van der Waals surface area (Å²) in [4.78, 5) is 0. The van der Waals surface area contributed by atoms with Gasteiger partial charge in [-0.05, 0) is 200 Å². The molecule has 61 heavy (non-hydrogen) atoms. The van der Waals surface area contributed by atoms with Gasteiger partial charge in [0.25, 0.3) is 0 Å². The standard InChI is InChI=1S/C60H48O/c1-33-35(3)39(7)56-54(37(33)5)58(43-29-27-42(28-30-43)45-23-16-26-53-59(45)51-22-13-14-25-52(51)61-53)55-38(6)34(2)36(4)40(8)57(55)60(56)50-32-31-49(47-20-11-12-21-48(47)50)46-24-15-18-41-17-9-10-19-44(41)46/h9-32H,1-8H3. The molecule has 0 aliphatic rings. The van der Waals surface area contributed by atoms with Crippen LogP contribution >= 0.6 is 0 Å². The minimum absolute atomic E-state index is 0.918. The highest BCUT2D eigenvalue weighted by Crippen LogP contribution is 2.52. The monoisotopic (exact) mass is 784 g/mol. The van der Waals surface area contributed by atoms with Gasteiger partial charge in [-0.2, -0.15) is 0 Å². The lowest BCUT2D eigenvalue weighted by Crippen LogP contribution is -2.04. The second kappa shape index (κ2) is 13.8. The number of benzene rings is 10. The second-order valence-corrected chi connectivity index (χ2v) is 17.3. The lowest BCUT2D eigenvalue weighted by atomic mass is 9.76. The molecule has 1 nitrogen and oxygen atoms in total. The Labute approximate surface area is 357 Å². The van der Waals surface area contributed by atoms with Crippen LogP contribution in [0.15, 0.2) is 150 Å². The molecule has 0 aliphatic heterocycles. The van der Waals surface area contributed by atoms with Gasteiger partial charge in [0.05, 0.1) is 0 Å². The van der Waals surface area contributed by atoms with E-state index in [-0.39, 0.29) is 0 Å². The predicted octanol–water partition coefficient (Wildman–Crippen LogP) is 17.3. The Bertz CT molecular complexity index is 3560. The van der Waals surface area contributed by atoms with E-state index in [2.05, 4.69) is 195 Å². The third-order valence-corrected chi connectivity index (χ3v) is 14.5. The fraction of sp³-hybridized carbons (Fsp3) is 0.133. The van der Waals surface area contributed by atoms with E-state index < -0.39 is 0 Å². The van der Waals surface area contributed by atoms with Gasteiger partial charge in [0.2, 0.25) is 0 Å². The minimum Gasteiger partial charge on any atom is -0.456 e. The number of aryl methyl sites for hydroxylation is 4. The lowest BCUT2D eigenvalue weighted by molar-refractivity contribution is 0.669. The maximum absolute atomic E-state index is 6.31. The molecule has 1 heterocycles. The molecule has 294 valence electrons. The maximum atomic E-state index is 6.31. The Kier molecular flexibility index (Phi) is 8.38. The smallest absolute Gasteiger partial charge is 0.136 e. The summed E-state index contributed by atoms with van der Waals surface area (Å²) in [5.74, 6) is 0. The van der Waals surface area contributed by atoms with Crippen molar-refractivity contribution >= 4 is 65.0 Å². The van der Waals surface area contributed by atoms with Gasteiger partial charge in [-0.3, -0.25) is 0 Å². The van der Waals surface area contributed by atoms with Gasteiger partial charge in [0, 0.05) is 10.8 Å². The van der Waals surface area contributed by atoms with Crippen molar-refractivity contribution in [2.24, 2.45) is 0 Å². The quantitative estimate of drug-likeness (QED) is 0.162. The summed E-state index contributed by atoms with van der Waals surface area (Å²) < 4.78 is 6.31. The summed E-state index contributed by atoms with van der Waals surface area (Å²) in [6, 6.07) is 53.5. The van der Waals surface area contributed by atoms with Crippen LogP contribution in [0.25, 0.3) is 110 Å². The maximum Gasteiger partial charge on any atom is 0.136 e. The largest absolute Gasteiger partial charge is 0.456 e. The highest BCUT2D eigenvalue weighted by Gasteiger charge is 2.27. The van der Waals surface area contributed by atoms with E-state index in [4.69, 9.17) is 4.42 Å². The van der Waals surface area contributed by atoms with Crippen LogP contribution in [0.1, 0.15) is 44.5 Å². The molecular formula is C60H48O. The number of fused-ring (bicyclic) bond motifs is 7. The van der Waals surface area contributed by atoms with Crippen molar-refractivity contribution < 1.29 is 4.42 Å².